The fraction of sp³-hybridized carbons (Fsp3) is 0.364. The maximum atomic E-state index is 11.6. The zero-order valence-electron chi connectivity index (χ0n) is 24.2. The molecule has 43 heavy (non-hydrogen) atoms. The molecule has 0 saturated carbocycles. The van der Waals surface area contributed by atoms with Crippen molar-refractivity contribution in [3.8, 4) is 11.5 Å². The molecule has 228 valence electrons. The van der Waals surface area contributed by atoms with Crippen LogP contribution in [0.3, 0.4) is 0 Å². The zero-order valence-corrected chi connectivity index (χ0v) is 24.2. The average molecular weight is 589 g/mol. The number of pyridine rings is 2. The van der Waals surface area contributed by atoms with Crippen molar-refractivity contribution in [2.45, 2.75) is 57.1 Å². The van der Waals surface area contributed by atoms with Gasteiger partial charge in [-0.05, 0) is 48.7 Å². The first-order chi connectivity index (χ1) is 20.9. The Morgan fingerprint density at radius 3 is 2.42 bits per heavy atom. The van der Waals surface area contributed by atoms with Crippen molar-refractivity contribution in [1.82, 2.24) is 20.6 Å². The number of aromatic amines is 1. The van der Waals surface area contributed by atoms with Crippen molar-refractivity contribution in [1.29, 1.82) is 0 Å². The summed E-state index contributed by atoms with van der Waals surface area (Å²) in [7, 11) is 0. The van der Waals surface area contributed by atoms with Gasteiger partial charge in [-0.2, -0.15) is 0 Å². The molecule has 1 amide bonds. The number of aliphatic hydroxyl groups excluding tert-OH is 1. The van der Waals surface area contributed by atoms with E-state index in [1.165, 1.54) is 12.1 Å². The summed E-state index contributed by atoms with van der Waals surface area (Å²) in [4.78, 5) is 29.8. The number of carbonyl (C=O) groups is 1. The SMILES string of the molecule is O=C(O)NC(c1ccccc1)c1cncc(OCCCCCCCCCNC[C@@H](O)c2ccc(O)c3[nH]c(=O)ccc23)c1. The summed E-state index contributed by atoms with van der Waals surface area (Å²) in [6.45, 7) is 1.77. The van der Waals surface area contributed by atoms with Crippen molar-refractivity contribution in [2.24, 2.45) is 0 Å². The van der Waals surface area contributed by atoms with E-state index in [2.05, 4.69) is 20.6 Å². The van der Waals surface area contributed by atoms with E-state index in [9.17, 15) is 24.9 Å². The van der Waals surface area contributed by atoms with Crippen LogP contribution in [-0.2, 0) is 0 Å². The maximum Gasteiger partial charge on any atom is 0.405 e. The number of aromatic nitrogens is 2. The highest BCUT2D eigenvalue weighted by molar-refractivity contribution is 5.87. The van der Waals surface area contributed by atoms with Crippen molar-refractivity contribution in [2.75, 3.05) is 19.7 Å². The summed E-state index contributed by atoms with van der Waals surface area (Å²) in [6.07, 6.45) is 8.99. The lowest BCUT2D eigenvalue weighted by Gasteiger charge is -2.18. The molecular formula is C33H40N4O6. The summed E-state index contributed by atoms with van der Waals surface area (Å²) in [6, 6.07) is 16.9. The maximum absolute atomic E-state index is 11.6. The lowest BCUT2D eigenvalue weighted by Crippen LogP contribution is -2.27. The number of amides is 1. The first-order valence-corrected chi connectivity index (χ1v) is 14.8. The third-order valence-corrected chi connectivity index (χ3v) is 7.34. The molecule has 4 aromatic rings. The minimum Gasteiger partial charge on any atom is -0.506 e. The van der Waals surface area contributed by atoms with Crippen molar-refractivity contribution >= 4 is 17.0 Å². The highest BCUT2D eigenvalue weighted by atomic mass is 16.5. The van der Waals surface area contributed by atoms with Crippen LogP contribution in [0.4, 0.5) is 4.79 Å². The molecule has 2 aromatic carbocycles. The van der Waals surface area contributed by atoms with Crippen LogP contribution in [0.15, 0.2) is 77.9 Å². The number of nitrogens with zero attached hydrogens (tertiary/aromatic N) is 1. The molecule has 0 radical (unpaired) electrons. The summed E-state index contributed by atoms with van der Waals surface area (Å²) in [5, 5.41) is 36.4. The normalized spacial score (nSPS) is 12.6. The standard InChI is InChI=1S/C33H40N4O6/c38-28-15-13-26(27-14-16-30(40)36-32(27)28)29(39)22-34-17-9-4-2-1-3-5-10-18-43-25-19-24(20-35-21-25)31(37-33(41)42)23-11-7-6-8-12-23/h6-8,11-16,19-21,29,31,34,37-39H,1-5,9-10,17-18,22H2,(H,36,40)(H,41,42)/t29-,31?/m1/s1. The lowest BCUT2D eigenvalue weighted by atomic mass is 10.0. The highest BCUT2D eigenvalue weighted by Crippen LogP contribution is 2.28. The number of aliphatic hydroxyl groups is 1. The minimum absolute atomic E-state index is 0.0174. The second-order valence-corrected chi connectivity index (χ2v) is 10.6. The molecule has 10 nitrogen and oxygen atoms in total. The van der Waals surface area contributed by atoms with E-state index in [4.69, 9.17) is 4.74 Å². The van der Waals surface area contributed by atoms with Crippen molar-refractivity contribution < 1.29 is 24.9 Å². The van der Waals surface area contributed by atoms with Crippen LogP contribution in [0.1, 0.15) is 73.8 Å². The Bertz CT molecular complexity index is 1510. The number of rotatable bonds is 17. The molecular weight excluding hydrogens is 548 g/mol. The quantitative estimate of drug-likeness (QED) is 0.0893. The van der Waals surface area contributed by atoms with Gasteiger partial charge in [0, 0.05) is 29.8 Å². The van der Waals surface area contributed by atoms with Crippen molar-refractivity contribution in [3.05, 3.63) is 100 Å². The van der Waals surface area contributed by atoms with E-state index in [0.717, 1.165) is 62.6 Å². The molecule has 0 spiro atoms. The number of hydrogen-bond donors (Lipinski definition) is 6. The van der Waals surface area contributed by atoms with E-state index < -0.39 is 18.2 Å². The lowest BCUT2D eigenvalue weighted by molar-refractivity contribution is 0.176. The molecule has 6 N–H and O–H groups in total. The number of benzene rings is 2. The first kappa shape index (κ1) is 31.5. The van der Waals surface area contributed by atoms with Crippen LogP contribution in [-0.4, -0.2) is 51.1 Å². The van der Waals surface area contributed by atoms with Gasteiger partial charge in [-0.15, -0.1) is 0 Å². The molecule has 0 aliphatic rings. The summed E-state index contributed by atoms with van der Waals surface area (Å²) < 4.78 is 5.90. The van der Waals surface area contributed by atoms with Gasteiger partial charge in [0.25, 0.3) is 0 Å². The molecule has 0 bridgehead atoms. The molecule has 0 aliphatic carbocycles. The van der Waals surface area contributed by atoms with Gasteiger partial charge in [0.05, 0.1) is 30.5 Å². The van der Waals surface area contributed by atoms with Crippen LogP contribution in [0.5, 0.6) is 11.5 Å². The smallest absolute Gasteiger partial charge is 0.405 e. The van der Waals surface area contributed by atoms with Crippen LogP contribution in [0, 0.1) is 0 Å². The summed E-state index contributed by atoms with van der Waals surface area (Å²) >= 11 is 0. The number of phenolic OH excluding ortho intramolecular Hbond substituents is 1. The Labute approximate surface area is 250 Å². The van der Waals surface area contributed by atoms with Gasteiger partial charge in [-0.3, -0.25) is 9.78 Å². The van der Waals surface area contributed by atoms with E-state index >= 15 is 0 Å². The van der Waals surface area contributed by atoms with Crippen LogP contribution in [0.2, 0.25) is 0 Å². The molecule has 2 atom stereocenters. The fourth-order valence-corrected chi connectivity index (χ4v) is 5.12. The Morgan fingerprint density at radius 2 is 1.65 bits per heavy atom. The second kappa shape index (κ2) is 16.3. The van der Waals surface area contributed by atoms with E-state index in [1.807, 2.05) is 36.4 Å². The van der Waals surface area contributed by atoms with Gasteiger partial charge in [0.15, 0.2) is 0 Å². The van der Waals surface area contributed by atoms with Crippen LogP contribution >= 0.6 is 0 Å². The van der Waals surface area contributed by atoms with Gasteiger partial charge in [-0.25, -0.2) is 4.79 Å². The number of hydrogen-bond acceptors (Lipinski definition) is 7. The third-order valence-electron chi connectivity index (χ3n) is 7.34. The Balaban J connectivity index is 1.07. The first-order valence-electron chi connectivity index (χ1n) is 14.8. The Kier molecular flexibility index (Phi) is 11.9. The average Bonchev–Trinajstić information content (AvgIpc) is 3.01. The van der Waals surface area contributed by atoms with Gasteiger partial charge < -0.3 is 35.7 Å². The summed E-state index contributed by atoms with van der Waals surface area (Å²) in [5.41, 5.74) is 2.26. The van der Waals surface area contributed by atoms with E-state index in [0.29, 0.717) is 35.4 Å². The number of fused-ring (bicyclic) bond motifs is 1. The molecule has 0 aliphatic heterocycles. The number of H-pyrrole nitrogens is 1. The number of carboxylic acid groups (broad SMARTS) is 1. The summed E-state index contributed by atoms with van der Waals surface area (Å²) in [5.74, 6) is 0.605. The van der Waals surface area contributed by atoms with Gasteiger partial charge >= 0.3 is 6.09 Å². The number of ether oxygens (including phenoxy) is 1. The van der Waals surface area contributed by atoms with Crippen LogP contribution < -0.4 is 20.9 Å². The van der Waals surface area contributed by atoms with Gasteiger partial charge in [0.2, 0.25) is 5.56 Å². The number of aromatic hydroxyl groups is 1. The predicted molar refractivity (Wildman–Crippen MR) is 166 cm³/mol. The second-order valence-electron chi connectivity index (χ2n) is 10.6. The number of unbranched alkanes of at least 4 members (excludes halogenated alkanes) is 6. The van der Waals surface area contributed by atoms with E-state index in [1.54, 1.807) is 24.5 Å². The predicted octanol–water partition coefficient (Wildman–Crippen LogP) is 5.42. The number of nitrogens with one attached hydrogen (secondary N) is 3. The third kappa shape index (κ3) is 9.56. The van der Waals surface area contributed by atoms with Crippen LogP contribution in [0.25, 0.3) is 10.9 Å². The molecule has 2 aromatic heterocycles. The van der Waals surface area contributed by atoms with Gasteiger partial charge in [-0.1, -0.05) is 68.5 Å². The molecule has 2 heterocycles. The molecule has 0 saturated heterocycles. The Morgan fingerprint density at radius 1 is 0.907 bits per heavy atom. The van der Waals surface area contributed by atoms with E-state index in [-0.39, 0.29) is 11.3 Å². The monoisotopic (exact) mass is 588 g/mol. The zero-order chi connectivity index (χ0) is 30.4. The fourth-order valence-electron chi connectivity index (χ4n) is 5.12. The molecule has 10 heteroatoms. The van der Waals surface area contributed by atoms with Crippen molar-refractivity contribution in [3.63, 3.8) is 0 Å². The molecule has 0 fully saturated rings. The number of phenols is 1. The van der Waals surface area contributed by atoms with Gasteiger partial charge in [0.1, 0.15) is 11.5 Å². The molecule has 1 unspecified atom stereocenters. The topological polar surface area (TPSA) is 157 Å². The molecule has 4 rings (SSSR count). The largest absolute Gasteiger partial charge is 0.506 e. The Hall–Kier alpha value is -4.41. The highest BCUT2D eigenvalue weighted by Gasteiger charge is 2.17. The minimum atomic E-state index is -1.10.